The molecular formula is C22H30N4O3. The molecule has 0 atom stereocenters. The number of piperidine rings is 1. The van der Waals surface area contributed by atoms with Crippen molar-refractivity contribution >= 4 is 5.97 Å². The molecule has 2 aromatic heterocycles. The third kappa shape index (κ3) is 4.85. The molecule has 0 radical (unpaired) electrons. The predicted octanol–water partition coefficient (Wildman–Crippen LogP) is 3.49. The number of hydrogen-bond acceptors (Lipinski definition) is 5. The van der Waals surface area contributed by atoms with E-state index in [0.29, 0.717) is 23.7 Å². The number of carboxylic acid groups (broad SMARTS) is 1. The van der Waals surface area contributed by atoms with Crippen molar-refractivity contribution in [3.63, 3.8) is 0 Å². The Morgan fingerprint density at radius 2 is 1.86 bits per heavy atom. The van der Waals surface area contributed by atoms with Crippen LogP contribution in [0.5, 0.6) is 0 Å². The first-order valence-corrected chi connectivity index (χ1v) is 10.7. The SMILES string of the molecule is Cn1c(CN2CCC(OC3CCCCC3)CC2)cnc1-c1cc(C(=O)O)ccn1. The van der Waals surface area contributed by atoms with Crippen LogP contribution in [-0.2, 0) is 18.3 Å². The van der Waals surface area contributed by atoms with Crippen LogP contribution in [-0.4, -0.2) is 55.8 Å². The van der Waals surface area contributed by atoms with E-state index in [2.05, 4.69) is 14.9 Å². The molecule has 7 heteroatoms. The standard InChI is InChI=1S/C22H30N4O3/c1-25-17(14-24-21(25)20-13-16(22(27)28)7-10-23-20)15-26-11-8-19(9-12-26)29-18-5-3-2-4-6-18/h7,10,13-14,18-19H,2-6,8-9,11-12,15H2,1H3,(H,27,28). The normalized spacial score (nSPS) is 19.5. The molecule has 0 unspecified atom stereocenters. The molecular weight excluding hydrogens is 368 g/mol. The van der Waals surface area contributed by atoms with Crippen molar-refractivity contribution in [2.75, 3.05) is 13.1 Å². The van der Waals surface area contributed by atoms with Gasteiger partial charge in [0.25, 0.3) is 0 Å². The second kappa shape index (κ2) is 9.05. The molecule has 156 valence electrons. The van der Waals surface area contributed by atoms with Crippen LogP contribution in [0.4, 0.5) is 0 Å². The Labute approximate surface area is 171 Å². The number of imidazole rings is 1. The topological polar surface area (TPSA) is 80.5 Å². The third-order valence-electron chi connectivity index (χ3n) is 6.18. The van der Waals surface area contributed by atoms with Gasteiger partial charge in [-0.25, -0.2) is 9.78 Å². The number of carboxylic acids is 1. The first-order chi connectivity index (χ1) is 14.1. The van der Waals surface area contributed by atoms with Gasteiger partial charge in [0.05, 0.1) is 29.7 Å². The molecule has 1 N–H and O–H groups in total. The Hall–Kier alpha value is -2.25. The molecule has 2 aliphatic rings. The van der Waals surface area contributed by atoms with Crippen molar-refractivity contribution in [1.29, 1.82) is 0 Å². The first-order valence-electron chi connectivity index (χ1n) is 10.7. The van der Waals surface area contributed by atoms with Crippen molar-refractivity contribution in [2.45, 2.75) is 63.7 Å². The second-order valence-electron chi connectivity index (χ2n) is 8.24. The molecule has 7 nitrogen and oxygen atoms in total. The Morgan fingerprint density at radius 3 is 2.59 bits per heavy atom. The molecule has 2 fully saturated rings. The summed E-state index contributed by atoms with van der Waals surface area (Å²) in [6.45, 7) is 2.90. The van der Waals surface area contributed by atoms with Gasteiger partial charge in [0.15, 0.2) is 5.82 Å². The maximum Gasteiger partial charge on any atom is 0.335 e. The maximum atomic E-state index is 11.2. The van der Waals surface area contributed by atoms with E-state index in [9.17, 15) is 9.90 Å². The van der Waals surface area contributed by atoms with Gasteiger partial charge in [0, 0.05) is 32.9 Å². The molecule has 1 aliphatic carbocycles. The van der Waals surface area contributed by atoms with Crippen molar-refractivity contribution in [3.8, 4) is 11.5 Å². The highest BCUT2D eigenvalue weighted by molar-refractivity contribution is 5.88. The van der Waals surface area contributed by atoms with Crippen LogP contribution in [0, 0.1) is 0 Å². The van der Waals surface area contributed by atoms with Crippen molar-refractivity contribution in [1.82, 2.24) is 19.4 Å². The van der Waals surface area contributed by atoms with E-state index in [-0.39, 0.29) is 5.56 Å². The Balaban J connectivity index is 1.34. The van der Waals surface area contributed by atoms with Gasteiger partial charge in [-0.2, -0.15) is 0 Å². The number of ether oxygens (including phenoxy) is 1. The predicted molar refractivity (Wildman–Crippen MR) is 110 cm³/mol. The van der Waals surface area contributed by atoms with Crippen molar-refractivity contribution in [2.24, 2.45) is 7.05 Å². The minimum Gasteiger partial charge on any atom is -0.478 e. The average Bonchev–Trinajstić information content (AvgIpc) is 3.10. The molecule has 4 rings (SSSR count). The summed E-state index contributed by atoms with van der Waals surface area (Å²) in [4.78, 5) is 22.5. The summed E-state index contributed by atoms with van der Waals surface area (Å²) in [6, 6.07) is 3.07. The summed E-state index contributed by atoms with van der Waals surface area (Å²) in [5.74, 6) is -0.264. The molecule has 0 bridgehead atoms. The Bertz CT molecular complexity index is 836. The molecule has 2 aromatic rings. The largest absolute Gasteiger partial charge is 0.478 e. The second-order valence-corrected chi connectivity index (χ2v) is 8.24. The summed E-state index contributed by atoms with van der Waals surface area (Å²) < 4.78 is 8.36. The Kier molecular flexibility index (Phi) is 6.25. The van der Waals surface area contributed by atoms with Crippen LogP contribution in [0.15, 0.2) is 24.5 Å². The smallest absolute Gasteiger partial charge is 0.335 e. The molecule has 0 aromatic carbocycles. The fourth-order valence-corrected chi connectivity index (χ4v) is 4.42. The van der Waals surface area contributed by atoms with Crippen LogP contribution in [0.25, 0.3) is 11.5 Å². The quantitative estimate of drug-likeness (QED) is 0.802. The van der Waals surface area contributed by atoms with E-state index < -0.39 is 5.97 Å². The monoisotopic (exact) mass is 398 g/mol. The molecule has 0 amide bonds. The highest BCUT2D eigenvalue weighted by Crippen LogP contribution is 2.25. The summed E-state index contributed by atoms with van der Waals surface area (Å²) in [6.07, 6.45) is 12.9. The molecule has 29 heavy (non-hydrogen) atoms. The maximum absolute atomic E-state index is 11.2. The van der Waals surface area contributed by atoms with E-state index in [1.807, 2.05) is 17.8 Å². The van der Waals surface area contributed by atoms with E-state index in [4.69, 9.17) is 4.74 Å². The lowest BCUT2D eigenvalue weighted by Crippen LogP contribution is -2.38. The Morgan fingerprint density at radius 1 is 1.14 bits per heavy atom. The molecule has 1 saturated heterocycles. The fraction of sp³-hybridized carbons (Fsp3) is 0.591. The van der Waals surface area contributed by atoms with Gasteiger partial charge in [0.1, 0.15) is 5.69 Å². The van der Waals surface area contributed by atoms with Gasteiger partial charge in [-0.3, -0.25) is 9.88 Å². The zero-order valence-electron chi connectivity index (χ0n) is 17.1. The lowest BCUT2D eigenvalue weighted by atomic mass is 9.97. The summed E-state index contributed by atoms with van der Waals surface area (Å²) in [7, 11) is 1.96. The minimum atomic E-state index is -0.957. The van der Waals surface area contributed by atoms with E-state index in [1.54, 1.807) is 6.07 Å². The lowest BCUT2D eigenvalue weighted by molar-refractivity contribution is -0.0567. The summed E-state index contributed by atoms with van der Waals surface area (Å²) >= 11 is 0. The zero-order chi connectivity index (χ0) is 20.2. The van der Waals surface area contributed by atoms with Crippen molar-refractivity contribution < 1.29 is 14.6 Å². The molecule has 1 aliphatic heterocycles. The summed E-state index contributed by atoms with van der Waals surface area (Å²) in [5.41, 5.74) is 1.91. The van der Waals surface area contributed by atoms with Gasteiger partial charge in [-0.05, 0) is 37.8 Å². The molecule has 3 heterocycles. The van der Waals surface area contributed by atoms with Gasteiger partial charge in [-0.1, -0.05) is 19.3 Å². The first kappa shape index (κ1) is 20.0. The number of likely N-dealkylation sites (tertiary alicyclic amines) is 1. The number of rotatable bonds is 6. The number of carbonyl (C=O) groups is 1. The van der Waals surface area contributed by atoms with E-state index in [0.717, 1.165) is 38.2 Å². The van der Waals surface area contributed by atoms with Crippen LogP contribution in [0.1, 0.15) is 61.0 Å². The van der Waals surface area contributed by atoms with Crippen LogP contribution >= 0.6 is 0 Å². The average molecular weight is 399 g/mol. The lowest BCUT2D eigenvalue weighted by Gasteiger charge is -2.34. The third-order valence-corrected chi connectivity index (χ3v) is 6.18. The number of aromatic carboxylic acids is 1. The van der Waals surface area contributed by atoms with Gasteiger partial charge in [0.2, 0.25) is 0 Å². The summed E-state index contributed by atoms with van der Waals surface area (Å²) in [5, 5.41) is 9.20. The van der Waals surface area contributed by atoms with E-state index in [1.165, 1.54) is 44.4 Å². The molecule has 0 spiro atoms. The number of aromatic nitrogens is 3. The van der Waals surface area contributed by atoms with Gasteiger partial charge in [-0.15, -0.1) is 0 Å². The van der Waals surface area contributed by atoms with Gasteiger partial charge < -0.3 is 14.4 Å². The molecule has 1 saturated carbocycles. The van der Waals surface area contributed by atoms with Crippen LogP contribution in [0.2, 0.25) is 0 Å². The minimum absolute atomic E-state index is 0.222. The highest BCUT2D eigenvalue weighted by Gasteiger charge is 2.24. The van der Waals surface area contributed by atoms with Crippen LogP contribution in [0.3, 0.4) is 0 Å². The highest BCUT2D eigenvalue weighted by atomic mass is 16.5. The number of nitrogens with zero attached hydrogens (tertiary/aromatic N) is 4. The number of hydrogen-bond donors (Lipinski definition) is 1. The number of pyridine rings is 1. The zero-order valence-corrected chi connectivity index (χ0v) is 17.1. The van der Waals surface area contributed by atoms with Crippen molar-refractivity contribution in [3.05, 3.63) is 35.8 Å². The van der Waals surface area contributed by atoms with Crippen LogP contribution < -0.4 is 0 Å². The van der Waals surface area contributed by atoms with Gasteiger partial charge >= 0.3 is 5.97 Å². The van der Waals surface area contributed by atoms with E-state index >= 15 is 0 Å². The fourth-order valence-electron chi connectivity index (χ4n) is 4.42.